The minimum Gasteiger partial charge on any atom is -0.493 e. The second-order valence-electron chi connectivity index (χ2n) is 5.69. The normalized spacial score (nSPS) is 11.8. The first-order valence-corrected chi connectivity index (χ1v) is 7.38. The molecule has 2 aromatic carbocycles. The van der Waals surface area contributed by atoms with Crippen molar-refractivity contribution in [3.63, 3.8) is 0 Å². The second-order valence-corrected chi connectivity index (χ2v) is 5.69. The zero-order valence-electron chi connectivity index (χ0n) is 13.0. The number of hydrogen-bond acceptors (Lipinski definition) is 3. The third-order valence-electron chi connectivity index (χ3n) is 3.64. The van der Waals surface area contributed by atoms with E-state index in [0.29, 0.717) is 5.69 Å². The maximum Gasteiger partial charge on any atom is 0.221 e. The van der Waals surface area contributed by atoms with Crippen LogP contribution in [0, 0.1) is 6.92 Å². The Bertz CT molecular complexity index is 847. The van der Waals surface area contributed by atoms with Gasteiger partial charge >= 0.3 is 0 Å². The molecular weight excluding hydrogens is 274 g/mol. The van der Waals surface area contributed by atoms with Crippen molar-refractivity contribution in [2.24, 2.45) is 10.2 Å². The molecule has 4 heteroatoms. The Labute approximate surface area is 129 Å². The lowest BCUT2D eigenvalue weighted by molar-refractivity contribution is 0.407. The number of aromatic hydroxyl groups is 1. The standard InChI is InChI=1S/C18H19N3O/c1-12(2)21-16-10-5-4-9-15(16)17(18(21)22)20-19-14-8-6-7-13(3)11-14/h4-12,22H,1-3H3. The van der Waals surface area contributed by atoms with Gasteiger partial charge in [-0.05, 0) is 44.5 Å². The molecule has 3 aromatic rings. The predicted molar refractivity (Wildman–Crippen MR) is 89.3 cm³/mol. The summed E-state index contributed by atoms with van der Waals surface area (Å²) in [5, 5.41) is 20.0. The Morgan fingerprint density at radius 1 is 1.00 bits per heavy atom. The molecule has 1 N–H and O–H groups in total. The molecule has 0 amide bonds. The van der Waals surface area contributed by atoms with E-state index in [4.69, 9.17) is 0 Å². The van der Waals surface area contributed by atoms with Crippen molar-refractivity contribution in [2.45, 2.75) is 26.8 Å². The van der Waals surface area contributed by atoms with Crippen LogP contribution in [0.25, 0.3) is 10.9 Å². The van der Waals surface area contributed by atoms with Crippen LogP contribution in [-0.4, -0.2) is 9.67 Å². The first kappa shape index (κ1) is 14.3. The monoisotopic (exact) mass is 293 g/mol. The molecule has 0 saturated carbocycles. The fraction of sp³-hybridized carbons (Fsp3) is 0.222. The molecular formula is C18H19N3O. The van der Waals surface area contributed by atoms with Crippen molar-refractivity contribution in [3.8, 4) is 5.88 Å². The van der Waals surface area contributed by atoms with Crippen LogP contribution in [0.15, 0.2) is 58.8 Å². The number of hydrogen-bond donors (Lipinski definition) is 1. The summed E-state index contributed by atoms with van der Waals surface area (Å²) in [6, 6.07) is 15.8. The van der Waals surface area contributed by atoms with Gasteiger partial charge in [0.05, 0.1) is 11.2 Å². The molecule has 0 bridgehead atoms. The van der Waals surface area contributed by atoms with Gasteiger partial charge in [-0.25, -0.2) is 0 Å². The highest BCUT2D eigenvalue weighted by molar-refractivity contribution is 5.95. The Morgan fingerprint density at radius 2 is 1.77 bits per heavy atom. The lowest BCUT2D eigenvalue weighted by Crippen LogP contribution is -1.98. The smallest absolute Gasteiger partial charge is 0.221 e. The minimum absolute atomic E-state index is 0.146. The molecule has 0 saturated heterocycles. The minimum atomic E-state index is 0.146. The predicted octanol–water partition coefficient (Wildman–Crippen LogP) is 5.65. The van der Waals surface area contributed by atoms with E-state index >= 15 is 0 Å². The van der Waals surface area contributed by atoms with Crippen molar-refractivity contribution in [3.05, 3.63) is 54.1 Å². The van der Waals surface area contributed by atoms with E-state index in [2.05, 4.69) is 10.2 Å². The molecule has 0 aliphatic rings. The van der Waals surface area contributed by atoms with Crippen molar-refractivity contribution in [1.29, 1.82) is 0 Å². The maximum atomic E-state index is 10.5. The van der Waals surface area contributed by atoms with Crippen LogP contribution in [0.1, 0.15) is 25.5 Å². The number of nitrogens with zero attached hydrogens (tertiary/aromatic N) is 3. The molecule has 0 aliphatic carbocycles. The molecule has 0 aliphatic heterocycles. The molecule has 0 atom stereocenters. The molecule has 0 unspecified atom stereocenters. The van der Waals surface area contributed by atoms with Crippen LogP contribution in [-0.2, 0) is 0 Å². The van der Waals surface area contributed by atoms with Crippen LogP contribution in [0.3, 0.4) is 0 Å². The number of benzene rings is 2. The maximum absolute atomic E-state index is 10.5. The van der Waals surface area contributed by atoms with Crippen molar-refractivity contribution >= 4 is 22.3 Å². The van der Waals surface area contributed by atoms with E-state index < -0.39 is 0 Å². The van der Waals surface area contributed by atoms with Crippen molar-refractivity contribution in [1.82, 2.24) is 4.57 Å². The van der Waals surface area contributed by atoms with Gasteiger partial charge in [-0.3, -0.25) is 0 Å². The van der Waals surface area contributed by atoms with Crippen LogP contribution in [0.4, 0.5) is 11.4 Å². The Morgan fingerprint density at radius 3 is 2.50 bits per heavy atom. The third-order valence-corrected chi connectivity index (χ3v) is 3.64. The average Bonchev–Trinajstić information content (AvgIpc) is 2.77. The average molecular weight is 293 g/mol. The van der Waals surface area contributed by atoms with Crippen LogP contribution in [0.2, 0.25) is 0 Å². The number of azo groups is 1. The summed E-state index contributed by atoms with van der Waals surface area (Å²) in [5.74, 6) is 0.160. The third kappa shape index (κ3) is 2.48. The van der Waals surface area contributed by atoms with Crippen LogP contribution in [0.5, 0.6) is 5.88 Å². The summed E-state index contributed by atoms with van der Waals surface area (Å²) in [6.45, 7) is 6.09. The van der Waals surface area contributed by atoms with Crippen molar-refractivity contribution in [2.75, 3.05) is 0 Å². The SMILES string of the molecule is Cc1cccc(N=Nc2c(O)n(C(C)C)c3ccccc23)c1. The van der Waals surface area contributed by atoms with E-state index in [9.17, 15) is 5.11 Å². The van der Waals surface area contributed by atoms with E-state index in [1.54, 1.807) is 0 Å². The lowest BCUT2D eigenvalue weighted by atomic mass is 10.2. The van der Waals surface area contributed by atoms with Crippen LogP contribution >= 0.6 is 0 Å². The number of rotatable bonds is 3. The number of para-hydroxylation sites is 1. The molecule has 1 aromatic heterocycles. The van der Waals surface area contributed by atoms with Gasteiger partial charge in [0.25, 0.3) is 0 Å². The van der Waals surface area contributed by atoms with E-state index in [1.165, 1.54) is 0 Å². The molecule has 1 heterocycles. The molecule has 112 valence electrons. The van der Waals surface area contributed by atoms with Gasteiger partial charge in [-0.2, -0.15) is 5.11 Å². The Hall–Kier alpha value is -2.62. The second kappa shape index (κ2) is 5.64. The highest BCUT2D eigenvalue weighted by atomic mass is 16.3. The first-order chi connectivity index (χ1) is 10.6. The largest absolute Gasteiger partial charge is 0.493 e. The summed E-state index contributed by atoms with van der Waals surface area (Å²) in [5.41, 5.74) is 3.39. The van der Waals surface area contributed by atoms with Crippen molar-refractivity contribution < 1.29 is 5.11 Å². The summed E-state index contributed by atoms with van der Waals surface area (Å²) in [4.78, 5) is 0. The van der Waals surface area contributed by atoms with Gasteiger partial charge in [0.15, 0.2) is 5.69 Å². The lowest BCUT2D eigenvalue weighted by Gasteiger charge is -2.10. The summed E-state index contributed by atoms with van der Waals surface area (Å²) < 4.78 is 1.87. The quantitative estimate of drug-likeness (QED) is 0.623. The van der Waals surface area contributed by atoms with E-state index in [-0.39, 0.29) is 11.9 Å². The number of aryl methyl sites for hydroxylation is 1. The first-order valence-electron chi connectivity index (χ1n) is 7.38. The zero-order chi connectivity index (χ0) is 15.7. The molecule has 0 spiro atoms. The molecule has 3 rings (SSSR count). The zero-order valence-corrected chi connectivity index (χ0v) is 13.0. The topological polar surface area (TPSA) is 49.9 Å². The highest BCUT2D eigenvalue weighted by Gasteiger charge is 2.17. The summed E-state index contributed by atoms with van der Waals surface area (Å²) in [6.07, 6.45) is 0. The van der Waals surface area contributed by atoms with Gasteiger partial charge in [0, 0.05) is 11.4 Å². The Kier molecular flexibility index (Phi) is 3.67. The summed E-state index contributed by atoms with van der Waals surface area (Å²) in [7, 11) is 0. The molecule has 0 radical (unpaired) electrons. The van der Waals surface area contributed by atoms with Gasteiger partial charge in [0.1, 0.15) is 0 Å². The van der Waals surface area contributed by atoms with E-state index in [0.717, 1.165) is 22.2 Å². The van der Waals surface area contributed by atoms with Crippen LogP contribution < -0.4 is 0 Å². The number of fused-ring (bicyclic) bond motifs is 1. The fourth-order valence-electron chi connectivity index (χ4n) is 2.65. The van der Waals surface area contributed by atoms with Gasteiger partial charge in [-0.15, -0.1) is 5.11 Å². The fourth-order valence-corrected chi connectivity index (χ4v) is 2.65. The molecule has 22 heavy (non-hydrogen) atoms. The highest BCUT2D eigenvalue weighted by Crippen LogP contribution is 2.41. The van der Waals surface area contributed by atoms with Gasteiger partial charge in [-0.1, -0.05) is 30.3 Å². The van der Waals surface area contributed by atoms with E-state index in [1.807, 2.05) is 73.9 Å². The Balaban J connectivity index is 2.13. The van der Waals surface area contributed by atoms with Gasteiger partial charge in [0.2, 0.25) is 5.88 Å². The number of aromatic nitrogens is 1. The van der Waals surface area contributed by atoms with Gasteiger partial charge < -0.3 is 9.67 Å². The molecule has 4 nitrogen and oxygen atoms in total. The summed E-state index contributed by atoms with van der Waals surface area (Å²) >= 11 is 0. The molecule has 0 fully saturated rings.